The zero-order valence-corrected chi connectivity index (χ0v) is 8.78. The van der Waals surface area contributed by atoms with Crippen LogP contribution in [0.5, 0.6) is 0 Å². The zero-order chi connectivity index (χ0) is 13.4. The smallest absolute Gasteiger partial charge is 0.378 e. The van der Waals surface area contributed by atoms with Gasteiger partial charge in [0.25, 0.3) is 0 Å². The number of carbonyl (C=O) groups excluding carboxylic acids is 3. The molecule has 9 heteroatoms. The van der Waals surface area contributed by atoms with Crippen LogP contribution in [0.2, 0.25) is 0 Å². The van der Waals surface area contributed by atoms with Gasteiger partial charge in [-0.15, -0.1) is 0 Å². The van der Waals surface area contributed by atoms with Crippen LogP contribution in [0.1, 0.15) is 6.92 Å². The minimum atomic E-state index is -1.81. The van der Waals surface area contributed by atoms with Gasteiger partial charge >= 0.3 is 11.9 Å². The van der Waals surface area contributed by atoms with Gasteiger partial charge in [-0.1, -0.05) is 0 Å². The number of primary amides is 1. The van der Waals surface area contributed by atoms with Crippen molar-refractivity contribution in [3.8, 4) is 0 Å². The standard InChI is InChI=1S/C8H11NO8/c1-4(7(9)13)2-5(11)8(14)16-17-15-6(12)3-10/h2,5,10-11H,3H2,1H3,(H2,9,13)/b4-2+. The molecule has 1 unspecified atom stereocenters. The number of rotatable bonds is 6. The lowest BCUT2D eigenvalue weighted by Crippen LogP contribution is -2.24. The molecule has 9 nitrogen and oxygen atoms in total. The van der Waals surface area contributed by atoms with Crippen molar-refractivity contribution in [1.29, 1.82) is 0 Å². The predicted molar refractivity (Wildman–Crippen MR) is 49.3 cm³/mol. The number of aliphatic hydroxyl groups is 2. The maximum absolute atomic E-state index is 10.9. The summed E-state index contributed by atoms with van der Waals surface area (Å²) in [7, 11) is 0. The van der Waals surface area contributed by atoms with Crippen LogP contribution in [0, 0.1) is 0 Å². The van der Waals surface area contributed by atoms with Crippen LogP contribution in [0.3, 0.4) is 0 Å². The van der Waals surface area contributed by atoms with E-state index in [1.807, 2.05) is 0 Å². The first kappa shape index (κ1) is 15.0. The highest BCUT2D eigenvalue weighted by Crippen LogP contribution is 1.98. The summed E-state index contributed by atoms with van der Waals surface area (Å²) in [6.07, 6.45) is -0.989. The molecule has 17 heavy (non-hydrogen) atoms. The Balaban J connectivity index is 4.11. The molecule has 0 aromatic carbocycles. The van der Waals surface area contributed by atoms with Gasteiger partial charge < -0.3 is 15.9 Å². The number of carbonyl (C=O) groups is 3. The zero-order valence-electron chi connectivity index (χ0n) is 8.78. The Labute approximate surface area is 95.2 Å². The molecule has 0 rings (SSSR count). The van der Waals surface area contributed by atoms with Crippen molar-refractivity contribution in [3.05, 3.63) is 11.6 Å². The molecule has 0 saturated carbocycles. The van der Waals surface area contributed by atoms with Gasteiger partial charge in [-0.3, -0.25) is 14.6 Å². The van der Waals surface area contributed by atoms with E-state index >= 15 is 0 Å². The first-order valence-electron chi connectivity index (χ1n) is 4.23. The van der Waals surface area contributed by atoms with E-state index in [-0.39, 0.29) is 5.57 Å². The molecule has 0 bridgehead atoms. The first-order chi connectivity index (χ1) is 7.88. The SMILES string of the molecule is C/C(=C\C(O)C(=O)OOOC(=O)CO)C(N)=O. The third-order valence-electron chi connectivity index (χ3n) is 1.41. The molecule has 1 amide bonds. The minimum absolute atomic E-state index is 0.0678. The van der Waals surface area contributed by atoms with Crippen molar-refractivity contribution in [2.24, 2.45) is 5.73 Å². The van der Waals surface area contributed by atoms with Crippen LogP contribution in [0.4, 0.5) is 0 Å². The van der Waals surface area contributed by atoms with Gasteiger partial charge in [-0.2, -0.15) is 0 Å². The van der Waals surface area contributed by atoms with E-state index in [9.17, 15) is 14.4 Å². The Bertz CT molecular complexity index is 336. The van der Waals surface area contributed by atoms with Crippen molar-refractivity contribution in [3.63, 3.8) is 0 Å². The molecule has 0 heterocycles. The Morgan fingerprint density at radius 2 is 1.94 bits per heavy atom. The second kappa shape index (κ2) is 7.33. The summed E-state index contributed by atoms with van der Waals surface area (Å²) in [4.78, 5) is 39.3. The van der Waals surface area contributed by atoms with Crippen LogP contribution in [0.25, 0.3) is 0 Å². The fraction of sp³-hybridized carbons (Fsp3) is 0.375. The molecule has 96 valence electrons. The van der Waals surface area contributed by atoms with E-state index in [2.05, 4.69) is 14.8 Å². The van der Waals surface area contributed by atoms with E-state index in [0.717, 1.165) is 6.08 Å². The summed E-state index contributed by atoms with van der Waals surface area (Å²) in [5.41, 5.74) is 4.78. The molecule has 4 N–H and O–H groups in total. The molecule has 0 aliphatic carbocycles. The van der Waals surface area contributed by atoms with Gasteiger partial charge in [0, 0.05) is 10.6 Å². The lowest BCUT2D eigenvalue weighted by molar-refractivity contribution is -0.461. The van der Waals surface area contributed by atoms with Crippen LogP contribution >= 0.6 is 0 Å². The number of hydrogen-bond acceptors (Lipinski definition) is 8. The van der Waals surface area contributed by atoms with Crippen LogP contribution in [-0.4, -0.2) is 40.8 Å². The Hall–Kier alpha value is -1.97. The van der Waals surface area contributed by atoms with Gasteiger partial charge in [-0.25, -0.2) is 9.59 Å². The first-order valence-corrected chi connectivity index (χ1v) is 4.23. The summed E-state index contributed by atoms with van der Waals surface area (Å²) in [5, 5.41) is 21.0. The van der Waals surface area contributed by atoms with E-state index in [0.29, 0.717) is 0 Å². The van der Waals surface area contributed by atoms with E-state index < -0.39 is 30.6 Å². The van der Waals surface area contributed by atoms with Crippen molar-refractivity contribution in [2.45, 2.75) is 13.0 Å². The second-order valence-electron chi connectivity index (χ2n) is 2.74. The molecule has 0 spiro atoms. The maximum atomic E-state index is 10.9. The molecule has 1 atom stereocenters. The van der Waals surface area contributed by atoms with Crippen molar-refractivity contribution >= 4 is 17.8 Å². The topological polar surface area (TPSA) is 145 Å². The lowest BCUT2D eigenvalue weighted by Gasteiger charge is -2.04. The van der Waals surface area contributed by atoms with Gasteiger partial charge in [0.05, 0.1) is 0 Å². The molecule has 0 saturated heterocycles. The van der Waals surface area contributed by atoms with Crippen LogP contribution in [0.15, 0.2) is 11.6 Å². The van der Waals surface area contributed by atoms with Crippen LogP contribution < -0.4 is 5.73 Å². The molecule has 0 aromatic rings. The van der Waals surface area contributed by atoms with E-state index in [1.54, 1.807) is 0 Å². The average molecular weight is 249 g/mol. The fourth-order valence-electron chi connectivity index (χ4n) is 0.551. The third-order valence-corrected chi connectivity index (χ3v) is 1.41. The summed E-state index contributed by atoms with van der Waals surface area (Å²) in [6, 6.07) is 0. The van der Waals surface area contributed by atoms with Crippen LogP contribution in [-0.2, 0) is 29.2 Å². The van der Waals surface area contributed by atoms with Gasteiger partial charge in [0.15, 0.2) is 6.10 Å². The number of amides is 1. The molecule has 0 radical (unpaired) electrons. The van der Waals surface area contributed by atoms with Crippen molar-refractivity contribution < 1.29 is 39.4 Å². The van der Waals surface area contributed by atoms with Gasteiger partial charge in [0.2, 0.25) is 5.91 Å². The largest absolute Gasteiger partial charge is 0.385 e. The number of aliphatic hydroxyl groups excluding tert-OH is 2. The predicted octanol–water partition coefficient (Wildman–Crippen LogP) is -2.30. The van der Waals surface area contributed by atoms with Crippen molar-refractivity contribution in [2.75, 3.05) is 6.61 Å². The molecule has 0 aromatic heterocycles. The Morgan fingerprint density at radius 3 is 2.41 bits per heavy atom. The monoisotopic (exact) mass is 249 g/mol. The fourth-order valence-corrected chi connectivity index (χ4v) is 0.551. The minimum Gasteiger partial charge on any atom is -0.385 e. The third kappa shape index (κ3) is 6.25. The van der Waals surface area contributed by atoms with E-state index in [4.69, 9.17) is 15.9 Å². The highest BCUT2D eigenvalue weighted by atomic mass is 17.5. The normalized spacial score (nSPS) is 12.8. The highest BCUT2D eigenvalue weighted by molar-refractivity contribution is 5.92. The number of nitrogens with two attached hydrogens (primary N) is 1. The summed E-state index contributed by atoms with van der Waals surface area (Å²) in [6.45, 7) is 0.298. The number of hydrogen-bond donors (Lipinski definition) is 3. The molecule has 0 aliphatic rings. The Morgan fingerprint density at radius 1 is 1.35 bits per heavy atom. The molecule has 0 aliphatic heterocycles. The summed E-state index contributed by atoms with van der Waals surface area (Å²) >= 11 is 0. The second-order valence-corrected chi connectivity index (χ2v) is 2.74. The highest BCUT2D eigenvalue weighted by Gasteiger charge is 2.18. The van der Waals surface area contributed by atoms with E-state index in [1.165, 1.54) is 6.92 Å². The van der Waals surface area contributed by atoms with Gasteiger partial charge in [-0.05, 0) is 13.0 Å². The summed E-state index contributed by atoms with van der Waals surface area (Å²) < 4.78 is 0. The van der Waals surface area contributed by atoms with Crippen molar-refractivity contribution in [1.82, 2.24) is 0 Å². The Kier molecular flexibility index (Phi) is 6.48. The quantitative estimate of drug-likeness (QED) is 0.271. The van der Waals surface area contributed by atoms with Gasteiger partial charge in [0.1, 0.15) is 6.61 Å². The average Bonchev–Trinajstić information content (AvgIpc) is 2.28. The molecular weight excluding hydrogens is 238 g/mol. The summed E-state index contributed by atoms with van der Waals surface area (Å²) in [5.74, 6) is -3.36. The maximum Gasteiger partial charge on any atom is 0.378 e. The lowest BCUT2D eigenvalue weighted by atomic mass is 10.2. The molecule has 0 fully saturated rings. The molecular formula is C8H11NO8.